The lowest BCUT2D eigenvalue weighted by molar-refractivity contribution is 0.0279. The van der Waals surface area contributed by atoms with Crippen molar-refractivity contribution in [1.82, 2.24) is 0 Å². The van der Waals surface area contributed by atoms with E-state index in [9.17, 15) is 5.11 Å². The Morgan fingerprint density at radius 2 is 1.38 bits per heavy atom. The van der Waals surface area contributed by atoms with E-state index in [1.807, 2.05) is 40.7 Å². The van der Waals surface area contributed by atoms with E-state index >= 15 is 0 Å². The SMILES string of the molecule is COc1c(C)c(C)c(OC)c(C(O)(c2ccc(C)cc2C)C(C)C)c1C. The van der Waals surface area contributed by atoms with Crippen LogP contribution >= 0.6 is 0 Å². The number of hydrogen-bond acceptors (Lipinski definition) is 3. The quantitative estimate of drug-likeness (QED) is 0.806. The number of methoxy groups -OCH3 is 2. The summed E-state index contributed by atoms with van der Waals surface area (Å²) in [6.45, 7) is 14.2. The highest BCUT2D eigenvalue weighted by molar-refractivity contribution is 5.62. The van der Waals surface area contributed by atoms with Crippen molar-refractivity contribution in [2.75, 3.05) is 14.2 Å². The van der Waals surface area contributed by atoms with Crippen LogP contribution in [0.15, 0.2) is 18.2 Å². The summed E-state index contributed by atoms with van der Waals surface area (Å²) in [5.41, 5.74) is 5.72. The molecular weight excluding hydrogens is 324 g/mol. The van der Waals surface area contributed by atoms with Crippen molar-refractivity contribution in [3.8, 4) is 11.5 Å². The molecular formula is C23H32O3. The van der Waals surface area contributed by atoms with Crippen LogP contribution < -0.4 is 9.47 Å². The number of aryl methyl sites for hydroxylation is 2. The van der Waals surface area contributed by atoms with Crippen molar-refractivity contribution < 1.29 is 14.6 Å². The van der Waals surface area contributed by atoms with Crippen LogP contribution in [0, 0.1) is 40.5 Å². The minimum absolute atomic E-state index is 0.0525. The molecule has 1 N–H and O–H groups in total. The van der Waals surface area contributed by atoms with Crippen molar-refractivity contribution in [3.05, 3.63) is 57.1 Å². The molecule has 142 valence electrons. The predicted molar refractivity (Wildman–Crippen MR) is 108 cm³/mol. The van der Waals surface area contributed by atoms with Gasteiger partial charge in [0.25, 0.3) is 0 Å². The molecule has 0 aliphatic carbocycles. The average Bonchev–Trinajstić information content (AvgIpc) is 2.57. The second-order valence-electron chi connectivity index (χ2n) is 7.56. The fraction of sp³-hybridized carbons (Fsp3) is 0.478. The third kappa shape index (κ3) is 2.99. The van der Waals surface area contributed by atoms with Crippen LogP contribution in [0.2, 0.25) is 0 Å². The molecule has 2 aromatic carbocycles. The first kappa shape index (κ1) is 20.3. The zero-order valence-electron chi connectivity index (χ0n) is 17.6. The summed E-state index contributed by atoms with van der Waals surface area (Å²) in [5, 5.41) is 12.1. The number of rotatable bonds is 5. The van der Waals surface area contributed by atoms with E-state index in [1.54, 1.807) is 14.2 Å². The van der Waals surface area contributed by atoms with Gasteiger partial charge in [-0.05, 0) is 62.8 Å². The Morgan fingerprint density at radius 3 is 1.85 bits per heavy atom. The zero-order valence-corrected chi connectivity index (χ0v) is 17.6. The van der Waals surface area contributed by atoms with E-state index in [0.717, 1.165) is 44.9 Å². The minimum atomic E-state index is -1.18. The van der Waals surface area contributed by atoms with Crippen LogP contribution in [0.4, 0.5) is 0 Å². The molecule has 2 rings (SSSR count). The highest BCUT2D eigenvalue weighted by Crippen LogP contribution is 2.49. The lowest BCUT2D eigenvalue weighted by atomic mass is 9.73. The van der Waals surface area contributed by atoms with Crippen molar-refractivity contribution in [2.45, 2.75) is 54.1 Å². The van der Waals surface area contributed by atoms with E-state index in [-0.39, 0.29) is 5.92 Å². The van der Waals surface area contributed by atoms with Gasteiger partial charge in [-0.25, -0.2) is 0 Å². The second kappa shape index (κ2) is 7.32. The van der Waals surface area contributed by atoms with Gasteiger partial charge in [-0.15, -0.1) is 0 Å². The molecule has 0 aliphatic rings. The maximum atomic E-state index is 12.1. The van der Waals surface area contributed by atoms with Gasteiger partial charge in [-0.1, -0.05) is 37.6 Å². The van der Waals surface area contributed by atoms with Crippen LogP contribution in [0.3, 0.4) is 0 Å². The molecule has 0 saturated heterocycles. The van der Waals surface area contributed by atoms with Gasteiger partial charge in [0.2, 0.25) is 0 Å². The molecule has 2 aromatic rings. The standard InChI is InChI=1S/C23H32O3/c1-13(2)23(24,19-11-10-14(3)12-15(19)4)20-18(7)21(25-8)16(5)17(6)22(20)26-9/h10-13,24H,1-9H3. The molecule has 3 heteroatoms. The minimum Gasteiger partial charge on any atom is -0.496 e. The molecule has 0 aromatic heterocycles. The van der Waals surface area contributed by atoms with Gasteiger partial charge in [0.15, 0.2) is 0 Å². The van der Waals surface area contributed by atoms with Crippen molar-refractivity contribution in [2.24, 2.45) is 5.92 Å². The largest absolute Gasteiger partial charge is 0.496 e. The molecule has 0 amide bonds. The van der Waals surface area contributed by atoms with Gasteiger partial charge in [0, 0.05) is 11.1 Å². The molecule has 0 aliphatic heterocycles. The van der Waals surface area contributed by atoms with Gasteiger partial charge in [0.1, 0.15) is 17.1 Å². The van der Waals surface area contributed by atoms with Crippen molar-refractivity contribution in [3.63, 3.8) is 0 Å². The molecule has 26 heavy (non-hydrogen) atoms. The molecule has 1 atom stereocenters. The monoisotopic (exact) mass is 356 g/mol. The summed E-state index contributed by atoms with van der Waals surface area (Å²) in [6.07, 6.45) is 0. The van der Waals surface area contributed by atoms with E-state index in [2.05, 4.69) is 26.0 Å². The van der Waals surface area contributed by atoms with E-state index in [1.165, 1.54) is 5.56 Å². The summed E-state index contributed by atoms with van der Waals surface area (Å²) >= 11 is 0. The predicted octanol–water partition coefficient (Wildman–Crippen LogP) is 5.14. The topological polar surface area (TPSA) is 38.7 Å². The maximum absolute atomic E-state index is 12.1. The molecule has 0 radical (unpaired) electrons. The zero-order chi connectivity index (χ0) is 19.8. The van der Waals surface area contributed by atoms with E-state index < -0.39 is 5.60 Å². The molecule has 0 bridgehead atoms. The van der Waals surface area contributed by atoms with Gasteiger partial charge in [-0.3, -0.25) is 0 Å². The second-order valence-corrected chi connectivity index (χ2v) is 7.56. The van der Waals surface area contributed by atoms with Gasteiger partial charge >= 0.3 is 0 Å². The third-order valence-electron chi connectivity index (χ3n) is 5.60. The van der Waals surface area contributed by atoms with Gasteiger partial charge < -0.3 is 14.6 Å². The first-order valence-electron chi connectivity index (χ1n) is 9.13. The summed E-state index contributed by atoms with van der Waals surface area (Å²) in [7, 11) is 3.34. The first-order chi connectivity index (χ1) is 12.1. The molecule has 3 nitrogen and oxygen atoms in total. The van der Waals surface area contributed by atoms with Crippen LogP contribution in [-0.4, -0.2) is 19.3 Å². The fourth-order valence-electron chi connectivity index (χ4n) is 4.09. The Morgan fingerprint density at radius 1 is 0.846 bits per heavy atom. The Labute approximate surface area is 158 Å². The first-order valence-corrected chi connectivity index (χ1v) is 9.13. The summed E-state index contributed by atoms with van der Waals surface area (Å²) in [4.78, 5) is 0. The molecule has 0 saturated carbocycles. The number of aliphatic hydroxyl groups is 1. The lowest BCUT2D eigenvalue weighted by Crippen LogP contribution is -2.36. The normalized spacial score (nSPS) is 13.7. The van der Waals surface area contributed by atoms with Crippen LogP contribution in [0.25, 0.3) is 0 Å². The number of ether oxygens (including phenoxy) is 2. The van der Waals surface area contributed by atoms with Crippen LogP contribution in [-0.2, 0) is 5.60 Å². The van der Waals surface area contributed by atoms with Crippen LogP contribution in [0.5, 0.6) is 11.5 Å². The Kier molecular flexibility index (Phi) is 5.72. The average molecular weight is 357 g/mol. The van der Waals surface area contributed by atoms with E-state index in [0.29, 0.717) is 0 Å². The maximum Gasteiger partial charge on any atom is 0.129 e. The van der Waals surface area contributed by atoms with Crippen molar-refractivity contribution >= 4 is 0 Å². The summed E-state index contributed by atoms with van der Waals surface area (Å²) in [6, 6.07) is 6.20. The van der Waals surface area contributed by atoms with E-state index in [4.69, 9.17) is 9.47 Å². The highest BCUT2D eigenvalue weighted by Gasteiger charge is 2.41. The Bertz CT molecular complexity index is 821. The smallest absolute Gasteiger partial charge is 0.129 e. The Balaban J connectivity index is 2.98. The van der Waals surface area contributed by atoms with Crippen LogP contribution in [0.1, 0.15) is 52.8 Å². The summed E-state index contributed by atoms with van der Waals surface area (Å²) < 4.78 is 11.5. The molecule has 0 heterocycles. The van der Waals surface area contributed by atoms with Crippen molar-refractivity contribution in [1.29, 1.82) is 0 Å². The highest BCUT2D eigenvalue weighted by atomic mass is 16.5. The molecule has 0 fully saturated rings. The number of benzene rings is 2. The molecule has 0 spiro atoms. The Hall–Kier alpha value is -2.00. The third-order valence-corrected chi connectivity index (χ3v) is 5.60. The summed E-state index contributed by atoms with van der Waals surface area (Å²) in [5.74, 6) is 1.49. The lowest BCUT2D eigenvalue weighted by Gasteiger charge is -2.38. The molecule has 1 unspecified atom stereocenters. The fourth-order valence-corrected chi connectivity index (χ4v) is 4.09. The van der Waals surface area contributed by atoms with Gasteiger partial charge in [0.05, 0.1) is 14.2 Å². The number of hydrogen-bond donors (Lipinski definition) is 1. The van der Waals surface area contributed by atoms with Gasteiger partial charge in [-0.2, -0.15) is 0 Å².